The lowest BCUT2D eigenvalue weighted by Crippen LogP contribution is -2.43. The fraction of sp³-hybridized carbons (Fsp3) is 0.455. The van der Waals surface area contributed by atoms with Crippen molar-refractivity contribution in [2.75, 3.05) is 7.11 Å². The van der Waals surface area contributed by atoms with E-state index >= 15 is 0 Å². The van der Waals surface area contributed by atoms with Crippen molar-refractivity contribution in [2.24, 2.45) is 0 Å². The predicted octanol–water partition coefficient (Wildman–Crippen LogP) is 1.49. The molecule has 0 spiro atoms. The van der Waals surface area contributed by atoms with Gasteiger partial charge in [0.25, 0.3) is 5.91 Å². The molecule has 0 bridgehead atoms. The fourth-order valence-electron chi connectivity index (χ4n) is 1.06. The Hall–Kier alpha value is -1.40. The van der Waals surface area contributed by atoms with E-state index in [1.807, 2.05) is 0 Å². The van der Waals surface area contributed by atoms with Gasteiger partial charge >= 0.3 is 5.97 Å². The number of carbonyl (C=O) groups excluding carboxylic acids is 1. The molecule has 1 rings (SSSR count). The van der Waals surface area contributed by atoms with Crippen LogP contribution >= 0.6 is 11.3 Å². The highest BCUT2D eigenvalue weighted by molar-refractivity contribution is 7.13. The van der Waals surface area contributed by atoms with Gasteiger partial charge in [-0.05, 0) is 26.0 Å². The smallest absolute Gasteiger partial charge is 0.345 e. The monoisotopic (exact) mass is 257 g/mol. The molecule has 1 aromatic heterocycles. The van der Waals surface area contributed by atoms with Crippen LogP contribution in [0.25, 0.3) is 0 Å². The maximum Gasteiger partial charge on any atom is 0.345 e. The van der Waals surface area contributed by atoms with Gasteiger partial charge in [0.15, 0.2) is 0 Å². The highest BCUT2D eigenvalue weighted by Gasteiger charge is 2.26. The average Bonchev–Trinajstić information content (AvgIpc) is 2.74. The second-order valence-corrected chi connectivity index (χ2v) is 5.14. The summed E-state index contributed by atoms with van der Waals surface area (Å²) in [6.07, 6.45) is 0. The van der Waals surface area contributed by atoms with Crippen LogP contribution in [0.4, 0.5) is 0 Å². The lowest BCUT2D eigenvalue weighted by Gasteiger charge is -2.21. The zero-order valence-corrected chi connectivity index (χ0v) is 10.8. The molecule has 0 atom stereocenters. The number of carboxylic acid groups (broad SMARTS) is 1. The van der Waals surface area contributed by atoms with Gasteiger partial charge in [-0.2, -0.15) is 0 Å². The Labute approximate surface area is 103 Å². The van der Waals surface area contributed by atoms with Crippen LogP contribution in [0.3, 0.4) is 0 Å². The Kier molecular flexibility index (Phi) is 4.25. The molecule has 0 fully saturated rings. The molecule has 17 heavy (non-hydrogen) atoms. The first kappa shape index (κ1) is 13.7. The zero-order valence-electron chi connectivity index (χ0n) is 9.94. The summed E-state index contributed by atoms with van der Waals surface area (Å²) >= 11 is 1.15. The molecule has 0 radical (unpaired) electrons. The van der Waals surface area contributed by atoms with E-state index in [0.29, 0.717) is 6.54 Å². The second kappa shape index (κ2) is 5.29. The van der Waals surface area contributed by atoms with E-state index < -0.39 is 11.6 Å². The first-order valence-corrected chi connectivity index (χ1v) is 5.84. The maximum atomic E-state index is 11.7. The number of amides is 1. The summed E-state index contributed by atoms with van der Waals surface area (Å²) in [5.74, 6) is -1.19. The van der Waals surface area contributed by atoms with Crippen LogP contribution in [0.1, 0.15) is 28.4 Å². The van der Waals surface area contributed by atoms with Crippen LogP contribution in [0.5, 0.6) is 0 Å². The molecule has 0 aliphatic carbocycles. The topological polar surface area (TPSA) is 75.6 Å². The van der Waals surface area contributed by atoms with Crippen LogP contribution in [0, 0.1) is 0 Å². The van der Waals surface area contributed by atoms with Crippen molar-refractivity contribution in [1.29, 1.82) is 0 Å². The number of nitrogens with one attached hydrogen (secondary N) is 1. The van der Waals surface area contributed by atoms with Gasteiger partial charge in [0.1, 0.15) is 10.5 Å². The Bertz CT molecular complexity index is 425. The van der Waals surface area contributed by atoms with Gasteiger partial charge in [0.05, 0.1) is 6.54 Å². The van der Waals surface area contributed by atoms with E-state index in [-0.39, 0.29) is 10.8 Å². The molecule has 0 aromatic carbocycles. The van der Waals surface area contributed by atoms with Gasteiger partial charge in [0.2, 0.25) is 0 Å². The van der Waals surface area contributed by atoms with Crippen LogP contribution in [0.2, 0.25) is 0 Å². The van der Waals surface area contributed by atoms with Crippen LogP contribution in [-0.4, -0.2) is 29.7 Å². The summed E-state index contributed by atoms with van der Waals surface area (Å²) < 4.78 is 5.03. The van der Waals surface area contributed by atoms with Crippen molar-refractivity contribution in [1.82, 2.24) is 5.32 Å². The summed E-state index contributed by atoms with van der Waals surface area (Å²) in [6.45, 7) is 3.64. The lowest BCUT2D eigenvalue weighted by atomic mass is 10.1. The average molecular weight is 257 g/mol. The van der Waals surface area contributed by atoms with Gasteiger partial charge in [-0.3, -0.25) is 4.79 Å². The Balaban J connectivity index is 2.56. The fourth-order valence-corrected chi connectivity index (χ4v) is 1.85. The summed E-state index contributed by atoms with van der Waals surface area (Å²) in [5, 5.41) is 11.4. The van der Waals surface area contributed by atoms with Crippen LogP contribution in [-0.2, 0) is 16.1 Å². The van der Waals surface area contributed by atoms with Crippen molar-refractivity contribution in [3.8, 4) is 0 Å². The molecule has 5 nitrogen and oxygen atoms in total. The Morgan fingerprint density at radius 1 is 1.47 bits per heavy atom. The largest absolute Gasteiger partial charge is 0.477 e. The minimum Gasteiger partial charge on any atom is -0.477 e. The van der Waals surface area contributed by atoms with Crippen molar-refractivity contribution in [3.05, 3.63) is 21.9 Å². The Morgan fingerprint density at radius 2 is 2.12 bits per heavy atom. The number of carbonyl (C=O) groups is 2. The maximum absolute atomic E-state index is 11.7. The van der Waals surface area contributed by atoms with E-state index in [4.69, 9.17) is 9.84 Å². The first-order chi connectivity index (χ1) is 7.86. The van der Waals surface area contributed by atoms with E-state index in [2.05, 4.69) is 5.32 Å². The molecule has 0 aliphatic rings. The third-order valence-corrected chi connectivity index (χ3v) is 3.43. The molecule has 1 aromatic rings. The molecule has 0 saturated heterocycles. The summed E-state index contributed by atoms with van der Waals surface area (Å²) in [6, 6.07) is 3.21. The Morgan fingerprint density at radius 3 is 2.59 bits per heavy atom. The van der Waals surface area contributed by atoms with E-state index in [9.17, 15) is 9.59 Å². The predicted molar refractivity (Wildman–Crippen MR) is 64.2 cm³/mol. The van der Waals surface area contributed by atoms with Crippen molar-refractivity contribution < 1.29 is 19.4 Å². The molecule has 94 valence electrons. The molecule has 0 saturated carbocycles. The second-order valence-electron chi connectivity index (χ2n) is 3.97. The standard InChI is InChI=1S/C11H15NO4S/c1-11(2,16-3)10(15)12-6-7-4-5-8(17-7)9(13)14/h4-5H,6H2,1-3H3,(H,12,15)(H,13,14). The molecule has 0 unspecified atom stereocenters. The zero-order chi connectivity index (χ0) is 13.1. The molecular weight excluding hydrogens is 242 g/mol. The van der Waals surface area contributed by atoms with Gasteiger partial charge in [-0.1, -0.05) is 0 Å². The van der Waals surface area contributed by atoms with Gasteiger partial charge in [-0.15, -0.1) is 11.3 Å². The SMILES string of the molecule is COC(C)(C)C(=O)NCc1ccc(C(=O)O)s1. The molecule has 1 heterocycles. The molecule has 0 aliphatic heterocycles. The quantitative estimate of drug-likeness (QED) is 0.838. The summed E-state index contributed by atoms with van der Waals surface area (Å²) in [7, 11) is 1.47. The van der Waals surface area contributed by atoms with Gasteiger partial charge in [0, 0.05) is 12.0 Å². The molecule has 2 N–H and O–H groups in total. The summed E-state index contributed by atoms with van der Waals surface area (Å²) in [5.41, 5.74) is -0.882. The normalized spacial score (nSPS) is 11.2. The number of hydrogen-bond acceptors (Lipinski definition) is 4. The van der Waals surface area contributed by atoms with Gasteiger partial charge in [-0.25, -0.2) is 4.79 Å². The lowest BCUT2D eigenvalue weighted by molar-refractivity contribution is -0.139. The molecular formula is C11H15NO4S. The number of hydrogen-bond donors (Lipinski definition) is 2. The highest BCUT2D eigenvalue weighted by Crippen LogP contribution is 2.16. The third kappa shape index (κ3) is 3.54. The number of rotatable bonds is 5. The van der Waals surface area contributed by atoms with Crippen molar-refractivity contribution in [2.45, 2.75) is 26.0 Å². The summed E-state index contributed by atoms with van der Waals surface area (Å²) in [4.78, 5) is 23.4. The van der Waals surface area contributed by atoms with E-state index in [1.54, 1.807) is 19.9 Å². The van der Waals surface area contributed by atoms with E-state index in [1.165, 1.54) is 13.2 Å². The number of carboxylic acids is 1. The van der Waals surface area contributed by atoms with Crippen molar-refractivity contribution in [3.63, 3.8) is 0 Å². The number of aromatic carboxylic acids is 1. The van der Waals surface area contributed by atoms with Crippen LogP contribution in [0.15, 0.2) is 12.1 Å². The number of ether oxygens (including phenoxy) is 1. The highest BCUT2D eigenvalue weighted by atomic mass is 32.1. The van der Waals surface area contributed by atoms with Crippen LogP contribution < -0.4 is 5.32 Å². The van der Waals surface area contributed by atoms with E-state index in [0.717, 1.165) is 16.2 Å². The minimum absolute atomic E-state index is 0.231. The number of thiophene rings is 1. The first-order valence-electron chi connectivity index (χ1n) is 5.02. The van der Waals surface area contributed by atoms with Crippen molar-refractivity contribution >= 4 is 23.2 Å². The molecule has 6 heteroatoms. The number of methoxy groups -OCH3 is 1. The molecule has 1 amide bonds. The van der Waals surface area contributed by atoms with Gasteiger partial charge < -0.3 is 15.2 Å². The third-order valence-electron chi connectivity index (χ3n) is 2.35. The minimum atomic E-state index is -0.954.